The molecule has 5 N–H and O–H groups in total. The molecule has 0 unspecified atom stereocenters. The van der Waals surface area contributed by atoms with Crippen molar-refractivity contribution in [3.05, 3.63) is 60.4 Å². The number of pyridine rings is 2. The standard InChI is InChI=1S/C19H14N8S/c20-9-13-14(11-5-4-8-22-10-11)15-17(24-16(13)21)26-27-18(15)25-19(28)23-12-6-2-1-3-7-12/h1-8,10H,(H5,21,23,24,25,26,27,28). The van der Waals surface area contributed by atoms with Crippen LogP contribution in [0.1, 0.15) is 5.56 Å². The SMILES string of the molecule is N#Cc1c(N)nc2[nH]nc(NC(=S)Nc3ccccc3)c2c1-c1cccnc1. The Kier molecular flexibility index (Phi) is 4.53. The van der Waals surface area contributed by atoms with Gasteiger partial charge in [0.25, 0.3) is 0 Å². The van der Waals surface area contributed by atoms with E-state index in [0.29, 0.717) is 27.5 Å². The van der Waals surface area contributed by atoms with Gasteiger partial charge in [-0.25, -0.2) is 4.98 Å². The largest absolute Gasteiger partial charge is 0.383 e. The van der Waals surface area contributed by atoms with Gasteiger partial charge in [-0.2, -0.15) is 10.4 Å². The minimum absolute atomic E-state index is 0.119. The molecular weight excluding hydrogens is 372 g/mol. The molecule has 0 atom stereocenters. The second-order valence-electron chi connectivity index (χ2n) is 5.84. The molecule has 4 aromatic rings. The lowest BCUT2D eigenvalue weighted by Crippen LogP contribution is -2.19. The first-order valence-electron chi connectivity index (χ1n) is 8.28. The van der Waals surface area contributed by atoms with Crippen molar-refractivity contribution in [3.63, 3.8) is 0 Å². The fraction of sp³-hybridized carbons (Fsp3) is 0. The molecule has 0 saturated carbocycles. The molecule has 0 aliphatic heterocycles. The Morgan fingerprint density at radius 3 is 2.68 bits per heavy atom. The Morgan fingerprint density at radius 2 is 1.96 bits per heavy atom. The molecular formula is C19H14N8S. The molecule has 0 aliphatic rings. The van der Waals surface area contributed by atoms with E-state index in [9.17, 15) is 5.26 Å². The van der Waals surface area contributed by atoms with Crippen LogP contribution in [0.3, 0.4) is 0 Å². The van der Waals surface area contributed by atoms with E-state index in [2.05, 4.69) is 36.9 Å². The van der Waals surface area contributed by atoms with Crippen LogP contribution in [0.25, 0.3) is 22.2 Å². The number of nitrogens with one attached hydrogen (secondary N) is 3. The molecule has 0 radical (unpaired) electrons. The average molecular weight is 386 g/mol. The molecule has 0 amide bonds. The van der Waals surface area contributed by atoms with Gasteiger partial charge in [0.05, 0.1) is 5.39 Å². The van der Waals surface area contributed by atoms with Crippen molar-refractivity contribution in [2.24, 2.45) is 0 Å². The van der Waals surface area contributed by atoms with E-state index >= 15 is 0 Å². The highest BCUT2D eigenvalue weighted by Crippen LogP contribution is 2.36. The summed E-state index contributed by atoms with van der Waals surface area (Å²) in [6.45, 7) is 0. The normalized spacial score (nSPS) is 10.4. The van der Waals surface area contributed by atoms with E-state index in [1.54, 1.807) is 18.5 Å². The molecule has 0 saturated heterocycles. The fourth-order valence-electron chi connectivity index (χ4n) is 2.87. The molecule has 0 fully saturated rings. The summed E-state index contributed by atoms with van der Waals surface area (Å²) >= 11 is 5.40. The summed E-state index contributed by atoms with van der Waals surface area (Å²) in [5.41, 5.74) is 8.85. The van der Waals surface area contributed by atoms with Gasteiger partial charge in [-0.15, -0.1) is 0 Å². The van der Waals surface area contributed by atoms with Crippen molar-refractivity contribution in [1.82, 2.24) is 20.2 Å². The van der Waals surface area contributed by atoms with Crippen LogP contribution >= 0.6 is 12.2 Å². The predicted molar refractivity (Wildman–Crippen MR) is 113 cm³/mol. The van der Waals surface area contributed by atoms with Crippen LogP contribution in [-0.2, 0) is 0 Å². The number of aromatic nitrogens is 4. The maximum Gasteiger partial charge on any atom is 0.176 e. The molecule has 0 spiro atoms. The fourth-order valence-corrected chi connectivity index (χ4v) is 3.09. The van der Waals surface area contributed by atoms with Crippen LogP contribution in [0.15, 0.2) is 54.9 Å². The third-order valence-electron chi connectivity index (χ3n) is 4.06. The molecule has 0 bridgehead atoms. The van der Waals surface area contributed by atoms with E-state index in [4.69, 9.17) is 18.0 Å². The number of fused-ring (bicyclic) bond motifs is 1. The molecule has 3 aromatic heterocycles. The van der Waals surface area contributed by atoms with Crippen molar-refractivity contribution in [3.8, 4) is 17.2 Å². The van der Waals surface area contributed by atoms with Gasteiger partial charge in [-0.3, -0.25) is 10.1 Å². The maximum atomic E-state index is 9.65. The van der Waals surface area contributed by atoms with Crippen LogP contribution in [0.2, 0.25) is 0 Å². The van der Waals surface area contributed by atoms with Crippen molar-refractivity contribution in [1.29, 1.82) is 5.26 Å². The minimum atomic E-state index is 0.119. The molecule has 9 heteroatoms. The van der Waals surface area contributed by atoms with Crippen molar-refractivity contribution >= 4 is 45.7 Å². The summed E-state index contributed by atoms with van der Waals surface area (Å²) in [4.78, 5) is 8.40. The molecule has 28 heavy (non-hydrogen) atoms. The van der Waals surface area contributed by atoms with Gasteiger partial charge in [0.2, 0.25) is 0 Å². The maximum absolute atomic E-state index is 9.65. The topological polar surface area (TPSA) is 128 Å². The number of hydrogen-bond acceptors (Lipinski definition) is 6. The number of para-hydroxylation sites is 1. The van der Waals surface area contributed by atoms with Crippen LogP contribution in [0, 0.1) is 11.3 Å². The number of nitrogens with zero attached hydrogens (tertiary/aromatic N) is 4. The molecule has 8 nitrogen and oxygen atoms in total. The second kappa shape index (κ2) is 7.30. The number of aromatic amines is 1. The van der Waals surface area contributed by atoms with Gasteiger partial charge < -0.3 is 16.4 Å². The number of nitrogen functional groups attached to an aromatic ring is 1. The number of nitrogens with two attached hydrogens (primary N) is 1. The van der Waals surface area contributed by atoms with Crippen molar-refractivity contribution < 1.29 is 0 Å². The van der Waals surface area contributed by atoms with Crippen LogP contribution in [0.4, 0.5) is 17.3 Å². The zero-order valence-electron chi connectivity index (χ0n) is 14.5. The summed E-state index contributed by atoms with van der Waals surface area (Å²) in [7, 11) is 0. The Bertz CT molecular complexity index is 1200. The van der Waals surface area contributed by atoms with E-state index in [-0.39, 0.29) is 11.4 Å². The highest BCUT2D eigenvalue weighted by Gasteiger charge is 2.21. The van der Waals surface area contributed by atoms with Crippen molar-refractivity contribution in [2.45, 2.75) is 0 Å². The number of H-pyrrole nitrogens is 1. The number of rotatable bonds is 3. The first-order chi connectivity index (χ1) is 13.7. The lowest BCUT2D eigenvalue weighted by Gasteiger charge is -2.11. The third-order valence-corrected chi connectivity index (χ3v) is 4.27. The molecule has 0 aliphatic carbocycles. The first kappa shape index (κ1) is 17.4. The second-order valence-corrected chi connectivity index (χ2v) is 6.25. The minimum Gasteiger partial charge on any atom is -0.383 e. The lowest BCUT2D eigenvalue weighted by atomic mass is 9.99. The number of nitriles is 1. The smallest absolute Gasteiger partial charge is 0.176 e. The summed E-state index contributed by atoms with van der Waals surface area (Å²) in [6.07, 6.45) is 3.32. The van der Waals surface area contributed by atoms with Crippen molar-refractivity contribution in [2.75, 3.05) is 16.4 Å². The summed E-state index contributed by atoms with van der Waals surface area (Å²) < 4.78 is 0. The lowest BCUT2D eigenvalue weighted by molar-refractivity contribution is 1.10. The quantitative estimate of drug-likeness (QED) is 0.395. The summed E-state index contributed by atoms with van der Waals surface area (Å²) in [5.74, 6) is 0.556. The van der Waals surface area contributed by atoms with Gasteiger partial charge in [0.1, 0.15) is 17.5 Å². The Labute approximate surface area is 165 Å². The number of thiocarbonyl (C=S) groups is 1. The summed E-state index contributed by atoms with van der Waals surface area (Å²) in [5, 5.41) is 23.9. The van der Waals surface area contributed by atoms with E-state index in [1.165, 1.54) is 0 Å². The number of hydrogen-bond donors (Lipinski definition) is 4. The van der Waals surface area contributed by atoms with Gasteiger partial charge in [0, 0.05) is 29.2 Å². The summed E-state index contributed by atoms with van der Waals surface area (Å²) in [6, 6.07) is 15.3. The molecule has 3 heterocycles. The van der Waals surface area contributed by atoms with Crippen LogP contribution in [-0.4, -0.2) is 25.3 Å². The van der Waals surface area contributed by atoms with Gasteiger partial charge in [0.15, 0.2) is 16.6 Å². The van der Waals surface area contributed by atoms with Gasteiger partial charge in [-0.05, 0) is 30.4 Å². The predicted octanol–water partition coefficient (Wildman–Crippen LogP) is 3.28. The molecule has 4 rings (SSSR count). The average Bonchev–Trinajstić information content (AvgIpc) is 3.10. The Balaban J connectivity index is 1.80. The monoisotopic (exact) mass is 386 g/mol. The van der Waals surface area contributed by atoms with E-state index in [1.807, 2.05) is 36.4 Å². The molecule has 1 aromatic carbocycles. The highest BCUT2D eigenvalue weighted by atomic mass is 32.1. The van der Waals surface area contributed by atoms with Gasteiger partial charge in [-0.1, -0.05) is 24.3 Å². The highest BCUT2D eigenvalue weighted by molar-refractivity contribution is 7.80. The van der Waals surface area contributed by atoms with Crippen LogP contribution < -0.4 is 16.4 Å². The zero-order chi connectivity index (χ0) is 19.5. The van der Waals surface area contributed by atoms with E-state index in [0.717, 1.165) is 11.3 Å². The van der Waals surface area contributed by atoms with Crippen LogP contribution in [0.5, 0.6) is 0 Å². The zero-order valence-corrected chi connectivity index (χ0v) is 15.3. The number of anilines is 3. The van der Waals surface area contributed by atoms with E-state index < -0.39 is 0 Å². The Morgan fingerprint density at radius 1 is 1.14 bits per heavy atom. The Hall–Kier alpha value is -4.03. The first-order valence-corrected chi connectivity index (χ1v) is 8.69. The third kappa shape index (κ3) is 3.20. The molecule has 136 valence electrons. The number of benzene rings is 1. The van der Waals surface area contributed by atoms with Gasteiger partial charge >= 0.3 is 0 Å².